The van der Waals surface area contributed by atoms with Gasteiger partial charge >= 0.3 is 0 Å². The lowest BCUT2D eigenvalue weighted by molar-refractivity contribution is -0.123. The lowest BCUT2D eigenvalue weighted by Crippen LogP contribution is -2.48. The van der Waals surface area contributed by atoms with Gasteiger partial charge in [-0.25, -0.2) is 4.39 Å². The molecular weight excluding hydrogens is 485 g/mol. The normalized spacial score (nSPS) is 23.7. The van der Waals surface area contributed by atoms with E-state index in [4.69, 9.17) is 10.5 Å². The average molecular weight is 524 g/mol. The van der Waals surface area contributed by atoms with Crippen LogP contribution in [0.25, 0.3) is 11.1 Å². The largest absolute Gasteiger partial charge is 0.493 e. The fraction of sp³-hybridized carbons (Fsp3) is 0.533. The van der Waals surface area contributed by atoms with Crippen LogP contribution < -0.4 is 10.5 Å². The predicted molar refractivity (Wildman–Crippen MR) is 143 cm³/mol. The Kier molecular flexibility index (Phi) is 7.73. The molecule has 1 saturated carbocycles. The van der Waals surface area contributed by atoms with Crippen molar-refractivity contribution < 1.29 is 23.8 Å². The molecule has 8 heteroatoms. The summed E-state index contributed by atoms with van der Waals surface area (Å²) in [6, 6.07) is 10.5. The van der Waals surface area contributed by atoms with E-state index in [2.05, 4.69) is 11.8 Å². The molecule has 2 aromatic carbocycles. The van der Waals surface area contributed by atoms with E-state index in [1.807, 2.05) is 24.3 Å². The maximum absolute atomic E-state index is 15.0. The second-order valence-corrected chi connectivity index (χ2v) is 11.6. The van der Waals surface area contributed by atoms with Gasteiger partial charge in [0.2, 0.25) is 5.91 Å². The van der Waals surface area contributed by atoms with Crippen molar-refractivity contribution in [3.63, 3.8) is 0 Å². The van der Waals surface area contributed by atoms with Gasteiger partial charge in [0.1, 0.15) is 17.6 Å². The molecule has 7 nitrogen and oxygen atoms in total. The molecule has 2 atom stereocenters. The van der Waals surface area contributed by atoms with Crippen LogP contribution in [0.15, 0.2) is 42.5 Å². The molecule has 2 aromatic rings. The molecule has 2 saturated heterocycles. The highest BCUT2D eigenvalue weighted by molar-refractivity contribution is 5.98. The van der Waals surface area contributed by atoms with Crippen molar-refractivity contribution in [1.82, 2.24) is 9.80 Å². The highest BCUT2D eigenvalue weighted by Crippen LogP contribution is 2.41. The monoisotopic (exact) mass is 523 g/mol. The van der Waals surface area contributed by atoms with Crippen LogP contribution >= 0.6 is 0 Å². The number of ether oxygens (including phenoxy) is 1. The van der Waals surface area contributed by atoms with E-state index in [0.29, 0.717) is 29.1 Å². The number of aliphatic hydroxyl groups excluding tert-OH is 1. The summed E-state index contributed by atoms with van der Waals surface area (Å²) in [5.41, 5.74) is 7.05. The van der Waals surface area contributed by atoms with Gasteiger partial charge in [0.05, 0.1) is 12.7 Å². The van der Waals surface area contributed by atoms with Gasteiger partial charge in [-0.15, -0.1) is 0 Å². The van der Waals surface area contributed by atoms with Crippen LogP contribution in [0, 0.1) is 17.2 Å². The van der Waals surface area contributed by atoms with Crippen molar-refractivity contribution in [2.75, 3.05) is 32.8 Å². The van der Waals surface area contributed by atoms with Gasteiger partial charge in [-0.2, -0.15) is 0 Å². The number of halogens is 1. The van der Waals surface area contributed by atoms with Gasteiger partial charge in [-0.05, 0) is 86.4 Å². The lowest BCUT2D eigenvalue weighted by atomic mass is 9.70. The van der Waals surface area contributed by atoms with E-state index in [-0.39, 0.29) is 18.5 Å². The Hall–Kier alpha value is -2.97. The van der Waals surface area contributed by atoms with Crippen molar-refractivity contribution >= 4 is 11.8 Å². The minimum absolute atomic E-state index is 0.111. The van der Waals surface area contributed by atoms with E-state index in [1.165, 1.54) is 42.8 Å². The molecule has 3 N–H and O–H groups in total. The first-order valence-electron chi connectivity index (χ1n) is 13.8. The number of piperidine rings is 1. The highest BCUT2D eigenvalue weighted by atomic mass is 19.1. The predicted octanol–water partition coefficient (Wildman–Crippen LogP) is 3.83. The summed E-state index contributed by atoms with van der Waals surface area (Å²) < 4.78 is 21.1. The molecule has 3 fully saturated rings. The van der Waals surface area contributed by atoms with Crippen molar-refractivity contribution in [1.29, 1.82) is 0 Å². The second kappa shape index (κ2) is 11.0. The Balaban J connectivity index is 1.14. The summed E-state index contributed by atoms with van der Waals surface area (Å²) in [6.07, 6.45) is 5.66. The third kappa shape index (κ3) is 5.71. The van der Waals surface area contributed by atoms with Gasteiger partial charge in [0.15, 0.2) is 0 Å². The molecule has 2 heterocycles. The van der Waals surface area contributed by atoms with Gasteiger partial charge < -0.3 is 25.4 Å². The maximum atomic E-state index is 15.0. The molecule has 38 heavy (non-hydrogen) atoms. The van der Waals surface area contributed by atoms with Crippen molar-refractivity contribution in [2.45, 2.75) is 57.6 Å². The van der Waals surface area contributed by atoms with Crippen LogP contribution in [0.4, 0.5) is 4.39 Å². The molecule has 0 aromatic heterocycles. The van der Waals surface area contributed by atoms with Gasteiger partial charge in [0, 0.05) is 24.2 Å². The number of likely N-dealkylation sites (tertiary alicyclic amines) is 2. The molecule has 1 aliphatic carbocycles. The zero-order valence-corrected chi connectivity index (χ0v) is 22.1. The molecule has 0 bridgehead atoms. The van der Waals surface area contributed by atoms with Crippen LogP contribution in [0.3, 0.4) is 0 Å². The summed E-state index contributed by atoms with van der Waals surface area (Å²) in [7, 11) is 0. The number of nitrogens with zero attached hydrogens (tertiary/aromatic N) is 2. The van der Waals surface area contributed by atoms with Gasteiger partial charge in [-0.1, -0.05) is 31.5 Å². The maximum Gasteiger partial charge on any atom is 0.254 e. The first-order chi connectivity index (χ1) is 18.2. The summed E-state index contributed by atoms with van der Waals surface area (Å²) in [6.45, 7) is 6.80. The SMILES string of the molecule is CC1(CN2CCC(COc3ccc(-c4ccc(C(=O)N5CC[C@H](O)[C@H]5C(N)=O)cc4F)cc3)CC2)CCC1. The molecular formula is C30H38FN3O4. The zero-order chi connectivity index (χ0) is 26.9. The van der Waals surface area contributed by atoms with Crippen LogP contribution in [-0.4, -0.2) is 71.7 Å². The van der Waals surface area contributed by atoms with Crippen LogP contribution in [0.2, 0.25) is 0 Å². The van der Waals surface area contributed by atoms with Crippen LogP contribution in [0.1, 0.15) is 55.8 Å². The van der Waals surface area contributed by atoms with Crippen molar-refractivity contribution in [3.8, 4) is 16.9 Å². The first kappa shape index (κ1) is 26.6. The van der Waals surface area contributed by atoms with Gasteiger partial charge in [0.25, 0.3) is 5.91 Å². The zero-order valence-electron chi connectivity index (χ0n) is 22.1. The second-order valence-electron chi connectivity index (χ2n) is 11.6. The molecule has 3 aliphatic rings. The summed E-state index contributed by atoms with van der Waals surface area (Å²) in [5, 5.41) is 9.98. The molecule has 0 spiro atoms. The standard InChI is InChI=1S/C30H38FN3O4/c1-30(12-2-13-30)19-33-14-9-20(10-15-33)18-38-23-6-3-21(4-7-23)24-8-5-22(17-25(24)31)29(37)34-16-11-26(35)27(34)28(32)36/h3-8,17,20,26-27,35H,2,9-16,18-19H2,1H3,(H2,32,36)/t26-,27-/m0/s1. The molecule has 2 amide bonds. The Morgan fingerprint density at radius 2 is 1.79 bits per heavy atom. The third-order valence-electron chi connectivity index (χ3n) is 8.66. The average Bonchev–Trinajstić information content (AvgIpc) is 3.29. The molecule has 0 radical (unpaired) electrons. The number of amides is 2. The lowest BCUT2D eigenvalue weighted by Gasteiger charge is -2.44. The first-order valence-corrected chi connectivity index (χ1v) is 13.8. The van der Waals surface area contributed by atoms with E-state index in [9.17, 15) is 14.7 Å². The fourth-order valence-corrected chi connectivity index (χ4v) is 6.13. The smallest absolute Gasteiger partial charge is 0.254 e. The number of benzene rings is 2. The number of carbonyl (C=O) groups is 2. The number of hydrogen-bond donors (Lipinski definition) is 2. The topological polar surface area (TPSA) is 96.1 Å². The number of aliphatic hydroxyl groups is 1. The molecule has 2 aliphatic heterocycles. The van der Waals surface area contributed by atoms with Crippen LogP contribution in [-0.2, 0) is 4.79 Å². The molecule has 204 valence electrons. The molecule has 5 rings (SSSR count). The fourth-order valence-electron chi connectivity index (χ4n) is 6.13. The summed E-state index contributed by atoms with van der Waals surface area (Å²) in [5.74, 6) is -0.527. The van der Waals surface area contributed by atoms with E-state index >= 15 is 4.39 Å². The van der Waals surface area contributed by atoms with Gasteiger partial charge in [-0.3, -0.25) is 9.59 Å². The number of nitrogens with two attached hydrogens (primary N) is 1. The van der Waals surface area contributed by atoms with Crippen LogP contribution in [0.5, 0.6) is 5.75 Å². The number of hydrogen-bond acceptors (Lipinski definition) is 5. The minimum atomic E-state index is -1.10. The summed E-state index contributed by atoms with van der Waals surface area (Å²) in [4.78, 5) is 28.4. The third-order valence-corrected chi connectivity index (χ3v) is 8.66. The number of primary amides is 1. The Labute approximate surface area is 223 Å². The number of carbonyl (C=O) groups excluding carboxylic acids is 2. The Morgan fingerprint density at radius 1 is 1.08 bits per heavy atom. The quantitative estimate of drug-likeness (QED) is 0.548. The van der Waals surface area contributed by atoms with E-state index < -0.39 is 29.8 Å². The van der Waals surface area contributed by atoms with Crippen molar-refractivity contribution in [2.24, 2.45) is 17.1 Å². The minimum Gasteiger partial charge on any atom is -0.493 e. The number of rotatable bonds is 8. The van der Waals surface area contributed by atoms with Crippen molar-refractivity contribution in [3.05, 3.63) is 53.8 Å². The highest BCUT2D eigenvalue weighted by Gasteiger charge is 2.40. The molecule has 0 unspecified atom stereocenters. The van der Waals surface area contributed by atoms with E-state index in [1.54, 1.807) is 6.07 Å². The summed E-state index contributed by atoms with van der Waals surface area (Å²) >= 11 is 0. The Morgan fingerprint density at radius 3 is 2.39 bits per heavy atom. The Bertz CT molecular complexity index is 1160. The van der Waals surface area contributed by atoms with E-state index in [0.717, 1.165) is 31.7 Å².